The highest BCUT2D eigenvalue weighted by Gasteiger charge is 2.15. The van der Waals surface area contributed by atoms with E-state index in [1.54, 1.807) is 0 Å². The second-order valence-corrected chi connectivity index (χ2v) is 4.29. The van der Waals surface area contributed by atoms with Gasteiger partial charge in [0.25, 0.3) is 0 Å². The number of nitrogens with one attached hydrogen (secondary N) is 1. The molecular weight excluding hydrogens is 204 g/mol. The van der Waals surface area contributed by atoms with Gasteiger partial charge in [-0.1, -0.05) is 13.8 Å². The lowest BCUT2D eigenvalue weighted by molar-refractivity contribution is 0.172. The number of hydrogen-bond donors (Lipinski definition) is 1. The van der Waals surface area contributed by atoms with E-state index in [-0.39, 0.29) is 0 Å². The lowest BCUT2D eigenvalue weighted by Crippen LogP contribution is -2.15. The standard InChI is InChI=1S/C12H14N2O2/c1-7(2)12-13-8-5-10-11(6-9(8)14-12)16-4-3-15-10/h5-7H,3-4H2,1-2H3,(H,13,14). The number of rotatable bonds is 1. The molecule has 0 unspecified atom stereocenters. The van der Waals surface area contributed by atoms with E-state index in [4.69, 9.17) is 9.47 Å². The molecule has 0 saturated carbocycles. The maximum Gasteiger partial charge on any atom is 0.163 e. The van der Waals surface area contributed by atoms with E-state index in [1.165, 1.54) is 0 Å². The number of benzene rings is 1. The first-order valence-electron chi connectivity index (χ1n) is 5.53. The van der Waals surface area contributed by atoms with Gasteiger partial charge in [0, 0.05) is 18.1 Å². The summed E-state index contributed by atoms with van der Waals surface area (Å²) in [7, 11) is 0. The molecule has 0 amide bonds. The molecule has 2 aromatic rings. The topological polar surface area (TPSA) is 47.1 Å². The van der Waals surface area contributed by atoms with E-state index < -0.39 is 0 Å². The maximum atomic E-state index is 5.53. The number of aromatic nitrogens is 2. The number of ether oxygens (including phenoxy) is 2. The van der Waals surface area contributed by atoms with E-state index in [2.05, 4.69) is 23.8 Å². The van der Waals surface area contributed by atoms with Gasteiger partial charge in [-0.15, -0.1) is 0 Å². The fourth-order valence-corrected chi connectivity index (χ4v) is 1.84. The summed E-state index contributed by atoms with van der Waals surface area (Å²) < 4.78 is 11.1. The predicted octanol–water partition coefficient (Wildman–Crippen LogP) is 2.46. The molecule has 1 aliphatic heterocycles. The molecule has 16 heavy (non-hydrogen) atoms. The highest BCUT2D eigenvalue weighted by molar-refractivity contribution is 5.80. The minimum atomic E-state index is 0.395. The summed E-state index contributed by atoms with van der Waals surface area (Å²) in [5, 5.41) is 0. The van der Waals surface area contributed by atoms with Gasteiger partial charge >= 0.3 is 0 Å². The fraction of sp³-hybridized carbons (Fsp3) is 0.417. The van der Waals surface area contributed by atoms with Crippen molar-refractivity contribution in [1.82, 2.24) is 9.97 Å². The maximum absolute atomic E-state index is 5.53. The van der Waals surface area contributed by atoms with Gasteiger partial charge < -0.3 is 14.5 Å². The molecule has 0 aliphatic carbocycles. The fourth-order valence-electron chi connectivity index (χ4n) is 1.84. The van der Waals surface area contributed by atoms with Crippen LogP contribution < -0.4 is 9.47 Å². The second-order valence-electron chi connectivity index (χ2n) is 4.29. The van der Waals surface area contributed by atoms with Crippen LogP contribution in [0.2, 0.25) is 0 Å². The first kappa shape index (κ1) is 9.51. The summed E-state index contributed by atoms with van der Waals surface area (Å²) >= 11 is 0. The van der Waals surface area contributed by atoms with Crippen molar-refractivity contribution >= 4 is 11.0 Å². The molecule has 1 aromatic heterocycles. The molecule has 0 radical (unpaired) electrons. The highest BCUT2D eigenvalue weighted by Crippen LogP contribution is 2.34. The number of aromatic amines is 1. The average molecular weight is 218 g/mol. The predicted molar refractivity (Wildman–Crippen MR) is 61.2 cm³/mol. The van der Waals surface area contributed by atoms with Gasteiger partial charge in [0.2, 0.25) is 0 Å². The molecule has 1 N–H and O–H groups in total. The molecule has 1 aromatic carbocycles. The van der Waals surface area contributed by atoms with Crippen LogP contribution in [0.1, 0.15) is 25.6 Å². The molecule has 2 heterocycles. The largest absolute Gasteiger partial charge is 0.486 e. The zero-order valence-corrected chi connectivity index (χ0v) is 9.41. The SMILES string of the molecule is CC(C)c1nc2cc3c(cc2[nH]1)OCCO3. The Hall–Kier alpha value is -1.71. The summed E-state index contributed by atoms with van der Waals surface area (Å²) in [5.41, 5.74) is 1.95. The molecule has 4 heteroatoms. The number of imidazole rings is 1. The van der Waals surface area contributed by atoms with Crippen molar-refractivity contribution in [2.75, 3.05) is 13.2 Å². The van der Waals surface area contributed by atoms with Crippen molar-refractivity contribution in [1.29, 1.82) is 0 Å². The van der Waals surface area contributed by atoms with Crippen molar-refractivity contribution in [3.63, 3.8) is 0 Å². The van der Waals surface area contributed by atoms with Gasteiger partial charge in [-0.25, -0.2) is 4.98 Å². The van der Waals surface area contributed by atoms with Crippen LogP contribution in [-0.2, 0) is 0 Å². The van der Waals surface area contributed by atoms with Gasteiger partial charge in [0.15, 0.2) is 11.5 Å². The summed E-state index contributed by atoms with van der Waals surface area (Å²) in [6.07, 6.45) is 0. The van der Waals surface area contributed by atoms with Crippen LogP contribution in [0.3, 0.4) is 0 Å². The van der Waals surface area contributed by atoms with E-state index in [1.807, 2.05) is 12.1 Å². The third-order valence-corrected chi connectivity index (χ3v) is 2.71. The van der Waals surface area contributed by atoms with Crippen LogP contribution in [0.15, 0.2) is 12.1 Å². The Kier molecular flexibility index (Phi) is 2.02. The van der Waals surface area contributed by atoms with Crippen molar-refractivity contribution < 1.29 is 9.47 Å². The summed E-state index contributed by atoms with van der Waals surface area (Å²) in [4.78, 5) is 7.83. The highest BCUT2D eigenvalue weighted by atomic mass is 16.6. The Morgan fingerprint density at radius 2 is 1.88 bits per heavy atom. The van der Waals surface area contributed by atoms with Gasteiger partial charge in [-0.05, 0) is 0 Å². The average Bonchev–Trinajstić information content (AvgIpc) is 2.68. The lowest BCUT2D eigenvalue weighted by atomic mass is 10.2. The summed E-state index contributed by atoms with van der Waals surface area (Å²) in [5.74, 6) is 2.99. The van der Waals surface area contributed by atoms with Crippen molar-refractivity contribution in [2.45, 2.75) is 19.8 Å². The summed E-state index contributed by atoms with van der Waals surface area (Å²) in [6.45, 7) is 5.46. The van der Waals surface area contributed by atoms with E-state index in [9.17, 15) is 0 Å². The second kappa shape index (κ2) is 3.40. The Morgan fingerprint density at radius 1 is 1.19 bits per heavy atom. The molecule has 84 valence electrons. The Labute approximate surface area is 93.6 Å². The van der Waals surface area contributed by atoms with Gasteiger partial charge in [0.05, 0.1) is 11.0 Å². The normalized spacial score (nSPS) is 14.7. The van der Waals surface area contributed by atoms with Crippen LogP contribution in [0.4, 0.5) is 0 Å². The molecule has 0 fully saturated rings. The quantitative estimate of drug-likeness (QED) is 0.799. The van der Waals surface area contributed by atoms with Crippen molar-refractivity contribution in [3.8, 4) is 11.5 Å². The zero-order valence-electron chi connectivity index (χ0n) is 9.41. The van der Waals surface area contributed by atoms with Crippen LogP contribution >= 0.6 is 0 Å². The molecule has 1 aliphatic rings. The van der Waals surface area contributed by atoms with Crippen LogP contribution in [0, 0.1) is 0 Å². The van der Waals surface area contributed by atoms with Crippen LogP contribution in [-0.4, -0.2) is 23.2 Å². The third-order valence-electron chi connectivity index (χ3n) is 2.71. The molecular formula is C12H14N2O2. The number of hydrogen-bond acceptors (Lipinski definition) is 3. The Morgan fingerprint density at radius 3 is 2.56 bits per heavy atom. The molecule has 0 saturated heterocycles. The first-order chi connectivity index (χ1) is 7.74. The third kappa shape index (κ3) is 1.41. The molecule has 0 spiro atoms. The van der Waals surface area contributed by atoms with Crippen molar-refractivity contribution in [3.05, 3.63) is 18.0 Å². The molecule has 0 bridgehead atoms. The zero-order chi connectivity index (χ0) is 11.1. The van der Waals surface area contributed by atoms with E-state index >= 15 is 0 Å². The smallest absolute Gasteiger partial charge is 0.163 e. The minimum Gasteiger partial charge on any atom is -0.486 e. The van der Waals surface area contributed by atoms with Gasteiger partial charge in [-0.2, -0.15) is 0 Å². The first-order valence-corrected chi connectivity index (χ1v) is 5.53. The minimum absolute atomic E-state index is 0.395. The van der Waals surface area contributed by atoms with Gasteiger partial charge in [-0.3, -0.25) is 0 Å². The monoisotopic (exact) mass is 218 g/mol. The van der Waals surface area contributed by atoms with Crippen LogP contribution in [0.25, 0.3) is 11.0 Å². The van der Waals surface area contributed by atoms with E-state index in [0.717, 1.165) is 28.4 Å². The summed E-state index contributed by atoms with van der Waals surface area (Å²) in [6, 6.07) is 3.90. The number of fused-ring (bicyclic) bond motifs is 2. The Bertz CT molecular complexity index is 488. The molecule has 4 nitrogen and oxygen atoms in total. The van der Waals surface area contributed by atoms with E-state index in [0.29, 0.717) is 19.1 Å². The van der Waals surface area contributed by atoms with Crippen molar-refractivity contribution in [2.24, 2.45) is 0 Å². The van der Waals surface area contributed by atoms with Gasteiger partial charge in [0.1, 0.15) is 19.0 Å². The number of nitrogens with zero attached hydrogens (tertiary/aromatic N) is 1. The lowest BCUT2D eigenvalue weighted by Gasteiger charge is -2.17. The molecule has 0 atom stereocenters. The number of H-pyrrole nitrogens is 1. The van der Waals surface area contributed by atoms with Crippen LogP contribution in [0.5, 0.6) is 11.5 Å². The Balaban J connectivity index is 2.16. The molecule has 3 rings (SSSR count).